The number of nitrogen functional groups attached to an aromatic ring is 1. The molecule has 1 heterocycles. The van der Waals surface area contributed by atoms with Crippen molar-refractivity contribution in [2.24, 2.45) is 0 Å². The first-order valence-corrected chi connectivity index (χ1v) is 7.58. The summed E-state index contributed by atoms with van der Waals surface area (Å²) in [4.78, 5) is 1.15. The molecule has 0 aliphatic heterocycles. The van der Waals surface area contributed by atoms with Crippen molar-refractivity contribution in [3.63, 3.8) is 0 Å². The minimum atomic E-state index is -3.08. The van der Waals surface area contributed by atoms with Crippen LogP contribution in [0.15, 0.2) is 28.1 Å². The molecular formula is C13H12BrF3N2OS. The normalized spacial score (nSPS) is 10.9. The first-order chi connectivity index (χ1) is 9.95. The maximum Gasteiger partial charge on any atom is 0.387 e. The molecule has 2 aromatic rings. The van der Waals surface area contributed by atoms with Crippen LogP contribution in [0.25, 0.3) is 0 Å². The Morgan fingerprint density at radius 1 is 1.33 bits per heavy atom. The Balaban J connectivity index is 2.01. The van der Waals surface area contributed by atoms with Crippen LogP contribution in [0.4, 0.5) is 24.5 Å². The quantitative estimate of drug-likeness (QED) is 0.725. The van der Waals surface area contributed by atoms with Crippen LogP contribution >= 0.6 is 27.3 Å². The lowest BCUT2D eigenvalue weighted by Crippen LogP contribution is -2.09. The molecule has 3 N–H and O–H groups in total. The Morgan fingerprint density at radius 2 is 2.10 bits per heavy atom. The standard InChI is InChI=1S/C13H12BrF3N2OS/c14-12-2-1-7(21-12)3-4-19-10-6-11(20-13(16)17)8(15)5-9(10)18/h1-2,5-6,13,19H,3-4,18H2. The van der Waals surface area contributed by atoms with Gasteiger partial charge in [-0.05, 0) is 34.5 Å². The van der Waals surface area contributed by atoms with Crippen LogP contribution in [0.2, 0.25) is 0 Å². The number of nitrogens with two attached hydrogens (primary N) is 1. The summed E-state index contributed by atoms with van der Waals surface area (Å²) < 4.78 is 42.9. The molecule has 114 valence electrons. The molecule has 1 aromatic carbocycles. The fourth-order valence-electron chi connectivity index (χ4n) is 1.71. The molecule has 0 fully saturated rings. The van der Waals surface area contributed by atoms with Crippen LogP contribution in [0.1, 0.15) is 4.88 Å². The number of thiophene rings is 1. The van der Waals surface area contributed by atoms with Gasteiger partial charge in [0.05, 0.1) is 15.2 Å². The molecule has 2 rings (SSSR count). The summed E-state index contributed by atoms with van der Waals surface area (Å²) in [5.41, 5.74) is 6.16. The first kappa shape index (κ1) is 16.0. The highest BCUT2D eigenvalue weighted by molar-refractivity contribution is 9.11. The summed E-state index contributed by atoms with van der Waals surface area (Å²) in [6.07, 6.45) is 0.734. The van der Waals surface area contributed by atoms with Crippen molar-refractivity contribution in [2.45, 2.75) is 13.0 Å². The van der Waals surface area contributed by atoms with Crippen molar-refractivity contribution in [3.8, 4) is 5.75 Å². The minimum Gasteiger partial charge on any atom is -0.432 e. The fourth-order valence-corrected chi connectivity index (χ4v) is 3.20. The minimum absolute atomic E-state index is 0.140. The number of benzene rings is 1. The second kappa shape index (κ2) is 7.04. The first-order valence-electron chi connectivity index (χ1n) is 5.97. The summed E-state index contributed by atoms with van der Waals surface area (Å²) in [5.74, 6) is -1.44. The van der Waals surface area contributed by atoms with Gasteiger partial charge in [0.1, 0.15) is 0 Å². The highest BCUT2D eigenvalue weighted by Gasteiger charge is 2.13. The van der Waals surface area contributed by atoms with Gasteiger partial charge in [-0.15, -0.1) is 11.3 Å². The monoisotopic (exact) mass is 380 g/mol. The van der Waals surface area contributed by atoms with E-state index >= 15 is 0 Å². The van der Waals surface area contributed by atoms with Crippen molar-refractivity contribution < 1.29 is 17.9 Å². The number of nitrogens with one attached hydrogen (secondary N) is 1. The van der Waals surface area contributed by atoms with E-state index in [1.54, 1.807) is 11.3 Å². The lowest BCUT2D eigenvalue weighted by Gasteiger charge is -2.12. The van der Waals surface area contributed by atoms with Crippen molar-refractivity contribution in [2.75, 3.05) is 17.6 Å². The molecule has 3 nitrogen and oxygen atoms in total. The second-order valence-electron chi connectivity index (χ2n) is 4.13. The van der Waals surface area contributed by atoms with Crippen molar-refractivity contribution in [1.29, 1.82) is 0 Å². The van der Waals surface area contributed by atoms with Gasteiger partial charge < -0.3 is 15.8 Å². The van der Waals surface area contributed by atoms with Crippen molar-refractivity contribution in [3.05, 3.63) is 38.7 Å². The topological polar surface area (TPSA) is 47.3 Å². The van der Waals surface area contributed by atoms with Gasteiger partial charge in [-0.25, -0.2) is 4.39 Å². The van der Waals surface area contributed by atoms with Crippen molar-refractivity contribution >= 4 is 38.6 Å². The zero-order valence-corrected chi connectivity index (χ0v) is 13.1. The molecule has 21 heavy (non-hydrogen) atoms. The number of rotatable bonds is 6. The van der Waals surface area contributed by atoms with E-state index in [0.717, 1.165) is 27.2 Å². The number of ether oxygens (including phenoxy) is 1. The molecular weight excluding hydrogens is 369 g/mol. The Kier molecular flexibility index (Phi) is 5.35. The van der Waals surface area contributed by atoms with E-state index in [4.69, 9.17) is 5.73 Å². The van der Waals surface area contributed by atoms with Gasteiger partial charge >= 0.3 is 6.61 Å². The zero-order valence-electron chi connectivity index (χ0n) is 10.7. The van der Waals surface area contributed by atoms with Gasteiger partial charge in [-0.1, -0.05) is 0 Å². The average Bonchev–Trinajstić information content (AvgIpc) is 2.80. The molecule has 0 radical (unpaired) electrons. The van der Waals surface area contributed by atoms with E-state index in [0.29, 0.717) is 12.2 Å². The van der Waals surface area contributed by atoms with Gasteiger partial charge in [-0.3, -0.25) is 0 Å². The second-order valence-corrected chi connectivity index (χ2v) is 6.68. The Bertz CT molecular complexity index is 621. The maximum absolute atomic E-state index is 13.4. The zero-order chi connectivity index (χ0) is 15.4. The molecule has 0 atom stereocenters. The number of anilines is 2. The number of halogens is 4. The third-order valence-electron chi connectivity index (χ3n) is 2.64. The molecule has 0 amide bonds. The van der Waals surface area contributed by atoms with E-state index in [-0.39, 0.29) is 5.69 Å². The smallest absolute Gasteiger partial charge is 0.387 e. The van der Waals surface area contributed by atoms with Crippen molar-refractivity contribution in [1.82, 2.24) is 0 Å². The van der Waals surface area contributed by atoms with E-state index in [2.05, 4.69) is 26.0 Å². The van der Waals surface area contributed by atoms with Gasteiger partial charge in [-0.2, -0.15) is 8.78 Å². The van der Waals surface area contributed by atoms with Crippen LogP contribution in [-0.2, 0) is 6.42 Å². The number of hydrogen-bond acceptors (Lipinski definition) is 4. The molecule has 0 spiro atoms. The van der Waals surface area contributed by atoms with Crippen LogP contribution in [-0.4, -0.2) is 13.2 Å². The molecule has 0 unspecified atom stereocenters. The molecule has 8 heteroatoms. The number of alkyl halides is 2. The molecule has 1 aromatic heterocycles. The molecule has 0 bridgehead atoms. The fraction of sp³-hybridized carbons (Fsp3) is 0.231. The largest absolute Gasteiger partial charge is 0.432 e. The maximum atomic E-state index is 13.4. The lowest BCUT2D eigenvalue weighted by atomic mass is 10.2. The summed E-state index contributed by atoms with van der Waals surface area (Å²) in [7, 11) is 0. The van der Waals surface area contributed by atoms with Crippen LogP contribution in [0.3, 0.4) is 0 Å². The molecule has 0 saturated heterocycles. The summed E-state index contributed by atoms with van der Waals surface area (Å²) in [6, 6.07) is 6.03. The Labute approximate surface area is 132 Å². The predicted molar refractivity (Wildman–Crippen MR) is 81.7 cm³/mol. The van der Waals surface area contributed by atoms with Gasteiger partial charge in [0.2, 0.25) is 0 Å². The lowest BCUT2D eigenvalue weighted by molar-refractivity contribution is -0.0521. The number of hydrogen-bond donors (Lipinski definition) is 2. The van der Waals surface area contributed by atoms with Gasteiger partial charge in [0.15, 0.2) is 11.6 Å². The van der Waals surface area contributed by atoms with Crippen LogP contribution in [0, 0.1) is 5.82 Å². The average molecular weight is 381 g/mol. The molecule has 0 aliphatic carbocycles. The SMILES string of the molecule is Nc1cc(F)c(OC(F)F)cc1NCCc1ccc(Br)s1. The highest BCUT2D eigenvalue weighted by atomic mass is 79.9. The molecule has 0 saturated carbocycles. The summed E-state index contributed by atoms with van der Waals surface area (Å²) >= 11 is 4.97. The Hall–Kier alpha value is -1.41. The van der Waals surface area contributed by atoms with E-state index in [9.17, 15) is 13.2 Å². The molecule has 0 aliphatic rings. The third kappa shape index (κ3) is 4.53. The summed E-state index contributed by atoms with van der Waals surface area (Å²) in [6.45, 7) is -2.55. The predicted octanol–water partition coefficient (Wildman–Crippen LogP) is 4.49. The van der Waals surface area contributed by atoms with Gasteiger partial charge in [0, 0.05) is 23.6 Å². The van der Waals surface area contributed by atoms with E-state index in [1.807, 2.05) is 12.1 Å². The highest BCUT2D eigenvalue weighted by Crippen LogP contribution is 2.29. The van der Waals surface area contributed by atoms with Gasteiger partial charge in [0.25, 0.3) is 0 Å². The van der Waals surface area contributed by atoms with E-state index in [1.165, 1.54) is 0 Å². The van der Waals surface area contributed by atoms with E-state index < -0.39 is 18.2 Å². The summed E-state index contributed by atoms with van der Waals surface area (Å²) in [5, 5.41) is 2.99. The third-order valence-corrected chi connectivity index (χ3v) is 4.32. The van der Waals surface area contributed by atoms with Crippen LogP contribution < -0.4 is 15.8 Å². The van der Waals surface area contributed by atoms with Crippen LogP contribution in [0.5, 0.6) is 5.75 Å². The Morgan fingerprint density at radius 3 is 2.71 bits per heavy atom.